The van der Waals surface area contributed by atoms with E-state index in [0.717, 1.165) is 16.7 Å². The second-order valence-electron chi connectivity index (χ2n) is 4.79. The number of nitrogens with zero attached hydrogens (tertiary/aromatic N) is 1. The number of nitro benzene ring substituents is 1. The molecule has 2 rings (SSSR count). The first kappa shape index (κ1) is 15.6. The molecule has 7 heteroatoms. The van der Waals surface area contributed by atoms with E-state index in [0.29, 0.717) is 6.42 Å². The minimum absolute atomic E-state index is 0.0429. The van der Waals surface area contributed by atoms with Crippen molar-refractivity contribution in [2.45, 2.75) is 12.5 Å². The number of hydrogen-bond acceptors (Lipinski definition) is 5. The molecular formula is C15H15N3O4. The molecule has 4 N–H and O–H groups in total. The van der Waals surface area contributed by atoms with Crippen LogP contribution < -0.4 is 11.2 Å². The number of hydrogen-bond donors (Lipinski definition) is 3. The van der Waals surface area contributed by atoms with Crippen molar-refractivity contribution in [3.8, 4) is 11.1 Å². The molecule has 0 saturated carbocycles. The van der Waals surface area contributed by atoms with Gasteiger partial charge in [0.15, 0.2) is 0 Å². The van der Waals surface area contributed by atoms with Gasteiger partial charge in [-0.1, -0.05) is 24.3 Å². The van der Waals surface area contributed by atoms with Gasteiger partial charge in [-0.15, -0.1) is 0 Å². The fourth-order valence-corrected chi connectivity index (χ4v) is 2.04. The van der Waals surface area contributed by atoms with Crippen molar-refractivity contribution in [3.63, 3.8) is 0 Å². The van der Waals surface area contributed by atoms with E-state index in [-0.39, 0.29) is 5.69 Å². The van der Waals surface area contributed by atoms with E-state index in [1.165, 1.54) is 17.6 Å². The van der Waals surface area contributed by atoms with Crippen LogP contribution in [0.4, 0.5) is 5.69 Å². The Morgan fingerprint density at radius 1 is 1.14 bits per heavy atom. The average Bonchev–Trinajstić information content (AvgIpc) is 2.54. The lowest BCUT2D eigenvalue weighted by atomic mass is 10.0. The lowest BCUT2D eigenvalue weighted by Crippen LogP contribution is -2.40. The average molecular weight is 301 g/mol. The monoisotopic (exact) mass is 301 g/mol. The molecule has 0 radical (unpaired) electrons. The number of rotatable bonds is 5. The maximum Gasteiger partial charge on any atom is 0.269 e. The predicted molar refractivity (Wildman–Crippen MR) is 80.1 cm³/mol. The summed E-state index contributed by atoms with van der Waals surface area (Å²) < 4.78 is 0. The minimum Gasteiger partial charge on any atom is -0.320 e. The maximum absolute atomic E-state index is 11.2. The number of non-ortho nitro benzene ring substituents is 1. The number of carbonyl (C=O) groups is 1. The van der Waals surface area contributed by atoms with Crippen molar-refractivity contribution in [2.24, 2.45) is 5.73 Å². The van der Waals surface area contributed by atoms with Crippen molar-refractivity contribution < 1.29 is 14.9 Å². The molecule has 1 amide bonds. The number of carbonyl (C=O) groups excluding carboxylic acids is 1. The first-order valence-electron chi connectivity index (χ1n) is 6.54. The van der Waals surface area contributed by atoms with E-state index in [1.54, 1.807) is 12.1 Å². The van der Waals surface area contributed by atoms with Gasteiger partial charge >= 0.3 is 0 Å². The Hall–Kier alpha value is -2.77. The number of nitro groups is 1. The summed E-state index contributed by atoms with van der Waals surface area (Å²) in [5.74, 6) is -0.639. The molecule has 0 aromatic heterocycles. The molecule has 0 aliphatic heterocycles. The molecule has 0 fully saturated rings. The topological polar surface area (TPSA) is 118 Å². The fourth-order valence-electron chi connectivity index (χ4n) is 2.04. The SMILES string of the molecule is N[C@@H](Cc1ccc(-c2ccc([N+](=O)[O-])cc2)cc1)C(=O)NO. The molecule has 114 valence electrons. The smallest absolute Gasteiger partial charge is 0.269 e. The van der Waals surface area contributed by atoms with Crippen LogP contribution in [-0.4, -0.2) is 22.1 Å². The molecule has 0 saturated heterocycles. The van der Waals surface area contributed by atoms with E-state index >= 15 is 0 Å². The molecule has 7 nitrogen and oxygen atoms in total. The van der Waals surface area contributed by atoms with Crippen LogP contribution in [0.1, 0.15) is 5.56 Å². The van der Waals surface area contributed by atoms with Crippen LogP contribution in [0.3, 0.4) is 0 Å². The van der Waals surface area contributed by atoms with E-state index in [2.05, 4.69) is 0 Å². The van der Waals surface area contributed by atoms with Gasteiger partial charge in [0.25, 0.3) is 11.6 Å². The van der Waals surface area contributed by atoms with Gasteiger partial charge in [0.2, 0.25) is 0 Å². The second-order valence-corrected chi connectivity index (χ2v) is 4.79. The number of benzene rings is 2. The number of nitrogens with one attached hydrogen (secondary N) is 1. The van der Waals surface area contributed by atoms with E-state index in [4.69, 9.17) is 10.9 Å². The van der Waals surface area contributed by atoms with E-state index < -0.39 is 16.9 Å². The zero-order chi connectivity index (χ0) is 16.1. The summed E-state index contributed by atoms with van der Waals surface area (Å²) in [7, 11) is 0. The van der Waals surface area contributed by atoms with Crippen LogP contribution in [-0.2, 0) is 11.2 Å². The molecule has 0 aliphatic rings. The highest BCUT2D eigenvalue weighted by Crippen LogP contribution is 2.23. The van der Waals surface area contributed by atoms with Crippen molar-refractivity contribution in [1.29, 1.82) is 0 Å². The highest BCUT2D eigenvalue weighted by atomic mass is 16.6. The Bertz CT molecular complexity index is 668. The predicted octanol–water partition coefficient (Wildman–Crippen LogP) is 1.64. The van der Waals surface area contributed by atoms with Gasteiger partial charge in [0, 0.05) is 12.1 Å². The maximum atomic E-state index is 11.2. The van der Waals surface area contributed by atoms with Crippen molar-refractivity contribution >= 4 is 11.6 Å². The molecule has 0 heterocycles. The molecule has 22 heavy (non-hydrogen) atoms. The molecule has 1 atom stereocenters. The Morgan fingerprint density at radius 3 is 2.09 bits per heavy atom. The molecule has 0 bridgehead atoms. The number of nitrogens with two attached hydrogens (primary N) is 1. The van der Waals surface area contributed by atoms with Gasteiger partial charge in [-0.25, -0.2) is 5.48 Å². The first-order valence-corrected chi connectivity index (χ1v) is 6.54. The summed E-state index contributed by atoms with van der Waals surface area (Å²) in [6, 6.07) is 12.8. The molecule has 0 unspecified atom stereocenters. The van der Waals surface area contributed by atoms with Crippen LogP contribution in [0.15, 0.2) is 48.5 Å². The summed E-state index contributed by atoms with van der Waals surface area (Å²) in [5.41, 5.74) is 9.79. The zero-order valence-corrected chi connectivity index (χ0v) is 11.6. The lowest BCUT2D eigenvalue weighted by molar-refractivity contribution is -0.384. The second kappa shape index (κ2) is 6.79. The van der Waals surface area contributed by atoms with Crippen LogP contribution in [0.5, 0.6) is 0 Å². The highest BCUT2D eigenvalue weighted by molar-refractivity contribution is 5.80. The highest BCUT2D eigenvalue weighted by Gasteiger charge is 2.13. The van der Waals surface area contributed by atoms with Gasteiger partial charge in [-0.05, 0) is 35.2 Å². The summed E-state index contributed by atoms with van der Waals surface area (Å²) in [6.45, 7) is 0. The normalized spacial score (nSPS) is 11.7. The quantitative estimate of drug-likeness (QED) is 0.440. The van der Waals surface area contributed by atoms with Gasteiger partial charge in [-0.3, -0.25) is 20.1 Å². The standard InChI is InChI=1S/C15H15N3O4/c16-14(15(19)17-20)9-10-1-3-11(4-2-10)12-5-7-13(8-6-12)18(21)22/h1-8,14,20H,9,16H2,(H,17,19)/t14-/m0/s1. The van der Waals surface area contributed by atoms with Crippen molar-refractivity contribution in [2.75, 3.05) is 0 Å². The fraction of sp³-hybridized carbons (Fsp3) is 0.133. The Morgan fingerprint density at radius 2 is 1.64 bits per heavy atom. The number of hydroxylamine groups is 1. The first-order chi connectivity index (χ1) is 10.5. The summed E-state index contributed by atoms with van der Waals surface area (Å²) in [5, 5.41) is 19.1. The van der Waals surface area contributed by atoms with Gasteiger partial charge in [-0.2, -0.15) is 0 Å². The molecule has 2 aromatic rings. The lowest BCUT2D eigenvalue weighted by Gasteiger charge is -2.10. The zero-order valence-electron chi connectivity index (χ0n) is 11.6. The third kappa shape index (κ3) is 3.66. The summed E-state index contributed by atoms with van der Waals surface area (Å²) >= 11 is 0. The Kier molecular flexibility index (Phi) is 4.82. The van der Waals surface area contributed by atoms with E-state index in [9.17, 15) is 14.9 Å². The minimum atomic E-state index is -0.824. The summed E-state index contributed by atoms with van der Waals surface area (Å²) in [4.78, 5) is 21.3. The van der Waals surface area contributed by atoms with Crippen LogP contribution >= 0.6 is 0 Å². The van der Waals surface area contributed by atoms with E-state index in [1.807, 2.05) is 24.3 Å². The van der Waals surface area contributed by atoms with Crippen molar-refractivity contribution in [3.05, 3.63) is 64.2 Å². The molecule has 2 aromatic carbocycles. The number of amides is 1. The largest absolute Gasteiger partial charge is 0.320 e. The third-order valence-corrected chi connectivity index (χ3v) is 3.27. The molecular weight excluding hydrogens is 286 g/mol. The molecule has 0 aliphatic carbocycles. The Labute approximate surface area is 126 Å². The van der Waals surface area contributed by atoms with Crippen molar-refractivity contribution in [1.82, 2.24) is 5.48 Å². The van der Waals surface area contributed by atoms with Gasteiger partial charge in [0.1, 0.15) is 0 Å². The molecule has 0 spiro atoms. The summed E-state index contributed by atoms with van der Waals surface area (Å²) in [6.07, 6.45) is 0.299. The van der Waals surface area contributed by atoms with Crippen LogP contribution in [0, 0.1) is 10.1 Å². The van der Waals surface area contributed by atoms with Gasteiger partial charge < -0.3 is 5.73 Å². The van der Waals surface area contributed by atoms with Gasteiger partial charge in [0.05, 0.1) is 11.0 Å². The van der Waals surface area contributed by atoms with Crippen LogP contribution in [0.2, 0.25) is 0 Å². The van der Waals surface area contributed by atoms with Crippen LogP contribution in [0.25, 0.3) is 11.1 Å². The third-order valence-electron chi connectivity index (χ3n) is 3.27. The Balaban J connectivity index is 2.11.